The van der Waals surface area contributed by atoms with E-state index in [0.717, 1.165) is 31.3 Å². The minimum absolute atomic E-state index is 0.119. The maximum absolute atomic E-state index is 12.2. The minimum Gasteiger partial charge on any atom is -0.506 e. The van der Waals surface area contributed by atoms with Gasteiger partial charge in [-0.15, -0.1) is 0 Å². The molecule has 0 radical (unpaired) electrons. The average Bonchev–Trinajstić information content (AvgIpc) is 2.61. The summed E-state index contributed by atoms with van der Waals surface area (Å²) in [6, 6.07) is 6.73. The van der Waals surface area contributed by atoms with Crippen molar-refractivity contribution in [3.63, 3.8) is 0 Å². The molecule has 150 valence electrons. The van der Waals surface area contributed by atoms with Gasteiger partial charge in [0.15, 0.2) is 0 Å². The summed E-state index contributed by atoms with van der Waals surface area (Å²) in [4.78, 5) is 12.2. The third-order valence-electron chi connectivity index (χ3n) is 4.68. The molecule has 2 N–H and O–H groups in total. The van der Waals surface area contributed by atoms with Gasteiger partial charge in [0.2, 0.25) is 0 Å². The van der Waals surface area contributed by atoms with Crippen molar-refractivity contribution < 1.29 is 14.6 Å². The molecule has 0 fully saturated rings. The predicted octanol–water partition coefficient (Wildman–Crippen LogP) is 5.95. The van der Waals surface area contributed by atoms with E-state index in [0.29, 0.717) is 11.0 Å². The second-order valence-corrected chi connectivity index (χ2v) is 7.52. The first-order valence-electron chi connectivity index (χ1n) is 9.68. The standard InChI is InChI=1S/C24H30O4/c1-16(2)9-7-10-17(3)11-8-12-18(4)15-20(25)22-23(26)19-13-5-6-14-21(19)28-24(22)27/h5-6,9,11,13-15,20,25-26H,7-8,10,12H2,1-4H3/b17-11+,18-15+. The Balaban J connectivity index is 2.06. The van der Waals surface area contributed by atoms with Crippen LogP contribution in [0, 0.1) is 0 Å². The second kappa shape index (κ2) is 10.1. The van der Waals surface area contributed by atoms with Crippen LogP contribution in [-0.4, -0.2) is 10.2 Å². The number of benzene rings is 1. The van der Waals surface area contributed by atoms with Crippen molar-refractivity contribution in [3.05, 3.63) is 75.2 Å². The molecule has 4 heteroatoms. The Morgan fingerprint density at radius 2 is 1.68 bits per heavy atom. The lowest BCUT2D eigenvalue weighted by molar-refractivity contribution is 0.217. The monoisotopic (exact) mass is 382 g/mol. The van der Waals surface area contributed by atoms with Gasteiger partial charge in [-0.05, 0) is 65.5 Å². The third kappa shape index (κ3) is 5.96. The zero-order valence-corrected chi connectivity index (χ0v) is 17.2. The Bertz CT molecular complexity index is 956. The van der Waals surface area contributed by atoms with Crippen LogP contribution in [0.2, 0.25) is 0 Å². The first kappa shape index (κ1) is 21.7. The Hall–Kier alpha value is -2.59. The number of aliphatic hydroxyl groups excluding tert-OH is 1. The van der Waals surface area contributed by atoms with Gasteiger partial charge in [-0.2, -0.15) is 0 Å². The molecule has 1 unspecified atom stereocenters. The molecule has 4 nitrogen and oxygen atoms in total. The molecule has 2 aromatic rings. The van der Waals surface area contributed by atoms with E-state index in [-0.39, 0.29) is 11.3 Å². The molecule has 2 rings (SSSR count). The molecular formula is C24H30O4. The van der Waals surface area contributed by atoms with Gasteiger partial charge in [-0.25, -0.2) is 4.79 Å². The van der Waals surface area contributed by atoms with Crippen molar-refractivity contribution in [2.75, 3.05) is 0 Å². The second-order valence-electron chi connectivity index (χ2n) is 7.52. The van der Waals surface area contributed by atoms with Crippen molar-refractivity contribution >= 4 is 11.0 Å². The molecule has 1 atom stereocenters. The van der Waals surface area contributed by atoms with Crippen molar-refractivity contribution in [2.24, 2.45) is 0 Å². The highest BCUT2D eigenvalue weighted by Crippen LogP contribution is 2.30. The highest BCUT2D eigenvalue weighted by Gasteiger charge is 2.19. The summed E-state index contributed by atoms with van der Waals surface area (Å²) in [5.41, 5.74) is 3.10. The largest absolute Gasteiger partial charge is 0.506 e. The summed E-state index contributed by atoms with van der Waals surface area (Å²) in [7, 11) is 0. The lowest BCUT2D eigenvalue weighted by Crippen LogP contribution is -2.12. The molecule has 1 aromatic carbocycles. The van der Waals surface area contributed by atoms with Gasteiger partial charge < -0.3 is 14.6 Å². The Labute approximate surface area is 166 Å². The number of fused-ring (bicyclic) bond motifs is 1. The molecule has 0 saturated heterocycles. The predicted molar refractivity (Wildman–Crippen MR) is 115 cm³/mol. The minimum atomic E-state index is -1.21. The Kier molecular flexibility index (Phi) is 7.82. The number of aliphatic hydroxyl groups is 1. The number of rotatable bonds is 8. The van der Waals surface area contributed by atoms with E-state index in [2.05, 4.69) is 32.9 Å². The number of hydrogen-bond acceptors (Lipinski definition) is 4. The summed E-state index contributed by atoms with van der Waals surface area (Å²) < 4.78 is 5.22. The van der Waals surface area contributed by atoms with Crippen LogP contribution in [0.4, 0.5) is 0 Å². The third-order valence-corrected chi connectivity index (χ3v) is 4.68. The van der Waals surface area contributed by atoms with Crippen molar-refractivity contribution in [2.45, 2.75) is 59.5 Å². The molecule has 0 aliphatic carbocycles. The summed E-state index contributed by atoms with van der Waals surface area (Å²) >= 11 is 0. The molecule has 0 bridgehead atoms. The molecule has 0 aliphatic rings. The fraction of sp³-hybridized carbons (Fsp3) is 0.375. The maximum Gasteiger partial charge on any atom is 0.346 e. The maximum atomic E-state index is 12.2. The van der Waals surface area contributed by atoms with Crippen molar-refractivity contribution in [1.29, 1.82) is 0 Å². The van der Waals surface area contributed by atoms with E-state index in [1.54, 1.807) is 30.3 Å². The van der Waals surface area contributed by atoms with Gasteiger partial charge in [0.05, 0.1) is 5.39 Å². The first-order valence-corrected chi connectivity index (χ1v) is 9.68. The molecule has 0 amide bonds. The van der Waals surface area contributed by atoms with E-state index in [1.807, 2.05) is 6.92 Å². The fourth-order valence-electron chi connectivity index (χ4n) is 3.08. The van der Waals surface area contributed by atoms with Crippen LogP contribution in [0.25, 0.3) is 11.0 Å². The van der Waals surface area contributed by atoms with E-state index in [4.69, 9.17) is 4.42 Å². The van der Waals surface area contributed by atoms with Gasteiger partial charge in [0, 0.05) is 0 Å². The smallest absolute Gasteiger partial charge is 0.346 e. The topological polar surface area (TPSA) is 70.7 Å². The lowest BCUT2D eigenvalue weighted by atomic mass is 10.0. The molecule has 1 aromatic heterocycles. The van der Waals surface area contributed by atoms with E-state index < -0.39 is 11.7 Å². The van der Waals surface area contributed by atoms with Crippen LogP contribution in [0.3, 0.4) is 0 Å². The van der Waals surface area contributed by atoms with Crippen LogP contribution in [0.5, 0.6) is 5.75 Å². The summed E-state index contributed by atoms with van der Waals surface area (Å²) in [6.07, 6.45) is 8.59. The molecule has 1 heterocycles. The van der Waals surface area contributed by atoms with Gasteiger partial charge in [0.1, 0.15) is 23.0 Å². The van der Waals surface area contributed by atoms with E-state index in [9.17, 15) is 15.0 Å². The van der Waals surface area contributed by atoms with Crippen LogP contribution >= 0.6 is 0 Å². The van der Waals surface area contributed by atoms with Crippen LogP contribution < -0.4 is 5.63 Å². The van der Waals surface area contributed by atoms with Gasteiger partial charge >= 0.3 is 5.63 Å². The van der Waals surface area contributed by atoms with E-state index in [1.165, 1.54) is 11.1 Å². The number of para-hydroxylation sites is 1. The van der Waals surface area contributed by atoms with Crippen LogP contribution in [-0.2, 0) is 0 Å². The lowest BCUT2D eigenvalue weighted by Gasteiger charge is -2.10. The molecule has 28 heavy (non-hydrogen) atoms. The highest BCUT2D eigenvalue weighted by atomic mass is 16.4. The molecular weight excluding hydrogens is 352 g/mol. The van der Waals surface area contributed by atoms with Gasteiger partial charge in [-0.1, -0.05) is 47.1 Å². The summed E-state index contributed by atoms with van der Waals surface area (Å²) in [5.74, 6) is -0.224. The molecule has 0 aliphatic heterocycles. The number of aromatic hydroxyl groups is 1. The van der Waals surface area contributed by atoms with Crippen molar-refractivity contribution in [1.82, 2.24) is 0 Å². The van der Waals surface area contributed by atoms with Gasteiger partial charge in [0.25, 0.3) is 0 Å². The first-order chi connectivity index (χ1) is 13.3. The Morgan fingerprint density at radius 1 is 1.04 bits per heavy atom. The normalized spacial score (nSPS) is 13.6. The zero-order valence-electron chi connectivity index (χ0n) is 17.2. The average molecular weight is 383 g/mol. The van der Waals surface area contributed by atoms with Crippen LogP contribution in [0.15, 0.2) is 68.4 Å². The van der Waals surface area contributed by atoms with Gasteiger partial charge in [-0.3, -0.25) is 0 Å². The number of allylic oxidation sites excluding steroid dienone is 5. The van der Waals surface area contributed by atoms with Crippen LogP contribution in [0.1, 0.15) is 65.0 Å². The quantitative estimate of drug-likeness (QED) is 0.437. The zero-order chi connectivity index (χ0) is 20.7. The molecule has 0 saturated carbocycles. The summed E-state index contributed by atoms with van der Waals surface area (Å²) in [5, 5.41) is 21.3. The highest BCUT2D eigenvalue weighted by molar-refractivity contribution is 5.84. The molecule has 0 spiro atoms. The Morgan fingerprint density at radius 3 is 2.39 bits per heavy atom. The van der Waals surface area contributed by atoms with Crippen molar-refractivity contribution in [3.8, 4) is 5.75 Å². The SMILES string of the molecule is CC(C)=CCC/C(C)=C/CC/C(C)=C/C(O)c1c(O)c2ccccc2oc1=O. The van der Waals surface area contributed by atoms with E-state index >= 15 is 0 Å². The fourth-order valence-corrected chi connectivity index (χ4v) is 3.08. The summed E-state index contributed by atoms with van der Waals surface area (Å²) in [6.45, 7) is 8.25. The number of hydrogen-bond donors (Lipinski definition) is 2.